The highest BCUT2D eigenvalue weighted by Crippen LogP contribution is 2.42. The van der Waals surface area contributed by atoms with Crippen molar-refractivity contribution in [3.05, 3.63) is 60.2 Å². The molecule has 1 nitrogen and oxygen atoms in total. The first-order chi connectivity index (χ1) is 11.2. The average Bonchev–Trinajstić information content (AvgIpc) is 2.75. The van der Waals surface area contributed by atoms with E-state index in [1.807, 2.05) is 6.07 Å². The second-order valence-corrected chi connectivity index (χ2v) is 17.8. The largest absolute Gasteiger partial charge is 0.305 e. The van der Waals surface area contributed by atoms with Crippen molar-refractivity contribution in [3.8, 4) is 0 Å². The van der Waals surface area contributed by atoms with E-state index in [2.05, 4.69) is 81.6 Å². The van der Waals surface area contributed by atoms with Crippen molar-refractivity contribution in [2.75, 3.05) is 0 Å². The van der Waals surface area contributed by atoms with Gasteiger partial charge in [0.05, 0.1) is 8.07 Å². The zero-order valence-corrected chi connectivity index (χ0v) is 17.5. The fourth-order valence-electron chi connectivity index (χ4n) is 4.51. The Balaban J connectivity index is 1.93. The topological polar surface area (TPSA) is 17.1 Å². The lowest BCUT2D eigenvalue weighted by Gasteiger charge is -2.31. The summed E-state index contributed by atoms with van der Waals surface area (Å²) in [5.74, 6) is 0. The zero-order valence-electron chi connectivity index (χ0n) is 15.5. The highest BCUT2D eigenvalue weighted by Gasteiger charge is 2.48. The van der Waals surface area contributed by atoms with Crippen LogP contribution >= 0.6 is 0 Å². The molecule has 0 aromatic heterocycles. The molecule has 3 heteroatoms. The summed E-state index contributed by atoms with van der Waals surface area (Å²) in [6.07, 6.45) is 0.689. The third-order valence-electron chi connectivity index (χ3n) is 5.88. The van der Waals surface area contributed by atoms with Gasteiger partial charge in [0, 0.05) is 6.42 Å². The molecule has 0 fully saturated rings. The van der Waals surface area contributed by atoms with Gasteiger partial charge in [-0.2, -0.15) is 0 Å². The fraction of sp³-hybridized carbons (Fsp3) is 0.381. The molecule has 0 spiro atoms. The molecule has 126 valence electrons. The minimum atomic E-state index is -2.09. The third-order valence-corrected chi connectivity index (χ3v) is 12.8. The van der Waals surface area contributed by atoms with Crippen LogP contribution in [0.25, 0.3) is 0 Å². The molecule has 0 bridgehead atoms. The van der Waals surface area contributed by atoms with Crippen molar-refractivity contribution in [1.82, 2.24) is 0 Å². The molecule has 0 saturated carbocycles. The normalized spacial score (nSPS) is 22.2. The summed E-state index contributed by atoms with van der Waals surface area (Å²) in [5.41, 5.74) is 1.45. The van der Waals surface area contributed by atoms with Gasteiger partial charge in [0.1, 0.15) is 5.41 Å². The van der Waals surface area contributed by atoms with Crippen LogP contribution in [0.3, 0.4) is 0 Å². The second-order valence-electron chi connectivity index (χ2n) is 8.76. The van der Waals surface area contributed by atoms with E-state index < -0.39 is 16.1 Å². The van der Waals surface area contributed by atoms with Crippen LogP contribution in [0.2, 0.25) is 32.2 Å². The maximum absolute atomic E-state index is 13.3. The zero-order chi connectivity index (χ0) is 17.6. The van der Waals surface area contributed by atoms with Crippen molar-refractivity contribution in [1.29, 1.82) is 0 Å². The Morgan fingerprint density at radius 1 is 1.04 bits per heavy atom. The van der Waals surface area contributed by atoms with Gasteiger partial charge in [0.2, 0.25) is 0 Å². The molecule has 2 aromatic carbocycles. The number of hydrogen-bond acceptors (Lipinski definition) is 1. The molecule has 24 heavy (non-hydrogen) atoms. The lowest BCUT2D eigenvalue weighted by molar-refractivity contribution is -0.113. The number of benzene rings is 2. The van der Waals surface area contributed by atoms with E-state index >= 15 is 0 Å². The van der Waals surface area contributed by atoms with Crippen LogP contribution < -0.4 is 10.4 Å². The Kier molecular flexibility index (Phi) is 4.21. The molecule has 1 atom stereocenters. The van der Waals surface area contributed by atoms with E-state index in [-0.39, 0.29) is 5.41 Å². The number of fused-ring (bicyclic) bond motifs is 1. The van der Waals surface area contributed by atoms with Crippen LogP contribution in [0.15, 0.2) is 54.6 Å². The smallest absolute Gasteiger partial charge is 0.157 e. The van der Waals surface area contributed by atoms with Gasteiger partial charge in [-0.15, -0.1) is 0 Å². The Morgan fingerprint density at radius 2 is 1.62 bits per heavy atom. The van der Waals surface area contributed by atoms with Crippen LogP contribution in [0.1, 0.15) is 18.9 Å². The summed E-state index contributed by atoms with van der Waals surface area (Å²) in [6, 6.07) is 20.5. The minimum absolute atomic E-state index is 0.0163. The maximum atomic E-state index is 13.3. The first-order valence-corrected chi connectivity index (χ1v) is 15.1. The SMILES string of the molecule is CC1(CC(=O)[Si](C)(C)c2ccccc2)C[Si](C)(C)c2ccccc21. The Morgan fingerprint density at radius 3 is 2.29 bits per heavy atom. The van der Waals surface area contributed by atoms with E-state index in [1.54, 1.807) is 5.19 Å². The summed E-state index contributed by atoms with van der Waals surface area (Å²) in [6.45, 7) is 11.6. The number of hydrogen-bond donors (Lipinski definition) is 0. The Hall–Kier alpha value is -1.46. The van der Waals surface area contributed by atoms with E-state index in [4.69, 9.17) is 0 Å². The van der Waals surface area contributed by atoms with E-state index in [9.17, 15) is 4.79 Å². The van der Waals surface area contributed by atoms with E-state index in [0.717, 1.165) is 0 Å². The molecular weight excluding hydrogens is 324 g/mol. The average molecular weight is 353 g/mol. The van der Waals surface area contributed by atoms with Crippen LogP contribution in [0.5, 0.6) is 0 Å². The molecule has 0 saturated heterocycles. The quantitative estimate of drug-likeness (QED) is 0.761. The van der Waals surface area contributed by atoms with E-state index in [1.165, 1.54) is 16.8 Å². The van der Waals surface area contributed by atoms with Gasteiger partial charge in [-0.3, -0.25) is 0 Å². The van der Waals surface area contributed by atoms with Gasteiger partial charge in [-0.25, -0.2) is 0 Å². The molecule has 1 heterocycles. The summed E-state index contributed by atoms with van der Waals surface area (Å²) in [5, 5.41) is 3.29. The second kappa shape index (κ2) is 5.81. The molecular formula is C21H28OSi2. The van der Waals surface area contributed by atoms with Gasteiger partial charge in [0.25, 0.3) is 0 Å². The van der Waals surface area contributed by atoms with Crippen molar-refractivity contribution >= 4 is 31.9 Å². The highest BCUT2D eigenvalue weighted by atomic mass is 28.3. The number of rotatable bonds is 4. The molecule has 1 aliphatic heterocycles. The Bertz CT molecular complexity index is 764. The first-order valence-electron chi connectivity index (χ1n) is 8.86. The van der Waals surface area contributed by atoms with Gasteiger partial charge >= 0.3 is 0 Å². The summed E-state index contributed by atoms with van der Waals surface area (Å²) >= 11 is 0. The number of carbonyl (C=O) groups excluding carboxylic acids is 1. The lowest BCUT2D eigenvalue weighted by atomic mass is 9.82. The molecule has 0 N–H and O–H groups in total. The number of carbonyl (C=O) groups is 1. The third kappa shape index (κ3) is 2.84. The van der Waals surface area contributed by atoms with Crippen molar-refractivity contribution in [3.63, 3.8) is 0 Å². The van der Waals surface area contributed by atoms with Crippen molar-refractivity contribution in [2.24, 2.45) is 0 Å². The van der Waals surface area contributed by atoms with Gasteiger partial charge in [0.15, 0.2) is 8.07 Å². The minimum Gasteiger partial charge on any atom is -0.305 e. The molecule has 0 radical (unpaired) electrons. The van der Waals surface area contributed by atoms with Crippen LogP contribution in [0, 0.1) is 0 Å². The predicted octanol–water partition coefficient (Wildman–Crippen LogP) is 3.99. The summed E-state index contributed by atoms with van der Waals surface area (Å²) in [4.78, 5) is 13.3. The maximum Gasteiger partial charge on any atom is 0.157 e. The standard InChI is InChI=1S/C21H28OSi2/c1-21(16-23(2,3)19-14-10-9-13-18(19)21)15-20(22)24(4,5)17-11-7-6-8-12-17/h6-14H,15-16H2,1-5H3. The van der Waals surface area contributed by atoms with Crippen LogP contribution in [-0.2, 0) is 10.2 Å². The molecule has 0 amide bonds. The highest BCUT2D eigenvalue weighted by molar-refractivity contribution is 7.13. The predicted molar refractivity (Wildman–Crippen MR) is 109 cm³/mol. The summed E-state index contributed by atoms with van der Waals surface area (Å²) < 4.78 is 0. The van der Waals surface area contributed by atoms with E-state index in [0.29, 0.717) is 11.8 Å². The van der Waals surface area contributed by atoms with Crippen molar-refractivity contribution in [2.45, 2.75) is 51.0 Å². The van der Waals surface area contributed by atoms with Gasteiger partial charge in [-0.1, -0.05) is 98.1 Å². The first kappa shape index (κ1) is 17.4. The molecule has 3 rings (SSSR count). The molecule has 1 unspecified atom stereocenters. The van der Waals surface area contributed by atoms with Gasteiger partial charge in [-0.05, 0) is 17.0 Å². The molecule has 2 aromatic rings. The monoisotopic (exact) mass is 352 g/mol. The van der Waals surface area contributed by atoms with Gasteiger partial charge < -0.3 is 4.79 Å². The van der Waals surface area contributed by atoms with Crippen molar-refractivity contribution < 1.29 is 4.79 Å². The lowest BCUT2D eigenvalue weighted by Crippen LogP contribution is -2.51. The molecule has 0 aliphatic carbocycles. The van der Waals surface area contributed by atoms with Crippen LogP contribution in [-0.4, -0.2) is 21.6 Å². The fourth-order valence-corrected chi connectivity index (χ4v) is 10.8. The Labute approximate surface area is 148 Å². The van der Waals surface area contributed by atoms with Crippen LogP contribution in [0.4, 0.5) is 0 Å². The summed E-state index contributed by atoms with van der Waals surface area (Å²) in [7, 11) is -3.53. The molecule has 1 aliphatic rings.